The molecule has 3 nitrogen and oxygen atoms in total. The van der Waals surface area contributed by atoms with Gasteiger partial charge in [-0.15, -0.1) is 12.4 Å². The molecule has 1 aliphatic carbocycles. The summed E-state index contributed by atoms with van der Waals surface area (Å²) in [6.07, 6.45) is 2.48. The van der Waals surface area contributed by atoms with E-state index in [2.05, 4.69) is 33.8 Å². The van der Waals surface area contributed by atoms with E-state index in [1.54, 1.807) is 0 Å². The third-order valence-electron chi connectivity index (χ3n) is 4.71. The fraction of sp³-hybridized carbons (Fsp3) is 0.438. The number of piperidine rings is 3. The predicted octanol–water partition coefficient (Wildman–Crippen LogP) is 3.61. The first-order valence-electron chi connectivity index (χ1n) is 7.33. The van der Waals surface area contributed by atoms with Gasteiger partial charge in [0.05, 0.1) is 10.5 Å². The van der Waals surface area contributed by atoms with Crippen LogP contribution in [0.15, 0.2) is 35.0 Å². The van der Waals surface area contributed by atoms with E-state index in [0.717, 1.165) is 6.54 Å². The maximum absolute atomic E-state index is 12.5. The predicted molar refractivity (Wildman–Crippen MR) is 89.7 cm³/mol. The van der Waals surface area contributed by atoms with E-state index >= 15 is 0 Å². The Hall–Kier alpha value is -1.10. The SMILES string of the molecule is Cl.O=C(N[C@@H]1CN2CCC1CC2)[s+]1ccc2cccc-2c1. The third kappa shape index (κ3) is 2.80. The maximum atomic E-state index is 12.5. The number of fused-ring (bicyclic) bond motifs is 4. The summed E-state index contributed by atoms with van der Waals surface area (Å²) in [4.78, 5) is 15.0. The van der Waals surface area contributed by atoms with Crippen molar-refractivity contribution < 1.29 is 4.79 Å². The molecular formula is C16H20ClN2OS+. The van der Waals surface area contributed by atoms with Crippen molar-refractivity contribution in [3.8, 4) is 11.1 Å². The largest absolute Gasteiger partial charge is 0.456 e. The monoisotopic (exact) mass is 323 g/mol. The van der Waals surface area contributed by atoms with Crippen molar-refractivity contribution in [2.24, 2.45) is 5.92 Å². The molecule has 0 spiro atoms. The second-order valence-corrected chi connectivity index (χ2v) is 7.53. The van der Waals surface area contributed by atoms with Crippen LogP contribution < -0.4 is 5.32 Å². The van der Waals surface area contributed by atoms with Gasteiger partial charge in [-0.05, 0) is 49.5 Å². The number of rotatable bonds is 2. The normalized spacial score (nSPS) is 28.2. The summed E-state index contributed by atoms with van der Waals surface area (Å²) in [5.74, 6) is 0.691. The molecule has 1 amide bonds. The van der Waals surface area contributed by atoms with E-state index in [4.69, 9.17) is 0 Å². The topological polar surface area (TPSA) is 32.3 Å². The summed E-state index contributed by atoms with van der Waals surface area (Å²) in [7, 11) is -0.407. The van der Waals surface area contributed by atoms with Crippen LogP contribution in [0.1, 0.15) is 12.8 Å². The van der Waals surface area contributed by atoms with Gasteiger partial charge in [0.25, 0.3) is 0 Å². The molecule has 0 saturated carbocycles. The van der Waals surface area contributed by atoms with Crippen LogP contribution in [0.4, 0.5) is 4.79 Å². The third-order valence-corrected chi connectivity index (χ3v) is 6.19. The number of nitrogens with zero attached hydrogens (tertiary/aromatic N) is 1. The molecule has 2 atom stereocenters. The van der Waals surface area contributed by atoms with Gasteiger partial charge in [0, 0.05) is 18.2 Å². The zero-order valence-corrected chi connectivity index (χ0v) is 13.5. The first kappa shape index (κ1) is 14.8. The van der Waals surface area contributed by atoms with E-state index in [1.165, 1.54) is 37.1 Å². The highest BCUT2D eigenvalue weighted by atomic mass is 35.5. The molecule has 5 aliphatic rings. The Morgan fingerprint density at radius 3 is 2.67 bits per heavy atom. The molecule has 0 aromatic carbocycles. The average Bonchev–Trinajstić information content (AvgIpc) is 2.96. The van der Waals surface area contributed by atoms with E-state index in [9.17, 15) is 4.79 Å². The standard InChI is InChI=1S/C16H18N2OS.ClH/c19-16(17-15-10-18-7-4-13(15)5-8-18)20-9-6-12-2-1-3-14(12)11-20;/h1-3,6,9,11,13,15H,4-5,7-8,10H2;1H/p+1/t15-,20?;/m1./s1. The van der Waals surface area contributed by atoms with Crippen molar-refractivity contribution in [1.82, 2.24) is 10.2 Å². The van der Waals surface area contributed by atoms with Crippen molar-refractivity contribution in [3.63, 3.8) is 0 Å². The Bertz CT molecular complexity index is 606. The summed E-state index contributed by atoms with van der Waals surface area (Å²) >= 11 is 0. The molecule has 0 radical (unpaired) electrons. The highest BCUT2D eigenvalue weighted by molar-refractivity contribution is 7.48. The second-order valence-electron chi connectivity index (χ2n) is 5.91. The average molecular weight is 324 g/mol. The van der Waals surface area contributed by atoms with Crippen LogP contribution in [0.5, 0.6) is 0 Å². The lowest BCUT2D eigenvalue weighted by Gasteiger charge is -2.44. The minimum atomic E-state index is -0.407. The van der Waals surface area contributed by atoms with Crippen LogP contribution in [0, 0.1) is 5.92 Å². The Balaban J connectivity index is 0.00000132. The van der Waals surface area contributed by atoms with Crippen LogP contribution in [0.25, 0.3) is 11.1 Å². The molecule has 3 fully saturated rings. The van der Waals surface area contributed by atoms with Crippen LogP contribution in [0.3, 0.4) is 0 Å². The van der Waals surface area contributed by atoms with Crippen LogP contribution in [-0.2, 0) is 0 Å². The van der Waals surface area contributed by atoms with E-state index in [-0.39, 0.29) is 17.6 Å². The number of nitrogens with one attached hydrogen (secondary N) is 1. The van der Waals surface area contributed by atoms with Gasteiger partial charge in [-0.3, -0.25) is 0 Å². The van der Waals surface area contributed by atoms with Gasteiger partial charge < -0.3 is 10.2 Å². The number of hydrogen-bond acceptors (Lipinski definition) is 2. The maximum Gasteiger partial charge on any atom is 0.456 e. The fourth-order valence-corrected chi connectivity index (χ4v) is 4.87. The lowest BCUT2D eigenvalue weighted by atomic mass is 9.84. The highest BCUT2D eigenvalue weighted by Crippen LogP contribution is 2.32. The first-order valence-corrected chi connectivity index (χ1v) is 8.68. The van der Waals surface area contributed by atoms with Crippen LogP contribution in [-0.4, -0.2) is 35.8 Å². The smallest absolute Gasteiger partial charge is 0.303 e. The quantitative estimate of drug-likeness (QED) is 0.856. The minimum Gasteiger partial charge on any atom is -0.303 e. The van der Waals surface area contributed by atoms with Crippen molar-refractivity contribution in [2.45, 2.75) is 18.9 Å². The second kappa shape index (κ2) is 5.95. The van der Waals surface area contributed by atoms with Gasteiger partial charge in [0.15, 0.2) is 5.38 Å². The molecule has 1 N–H and O–H groups in total. The van der Waals surface area contributed by atoms with Crippen LogP contribution >= 0.6 is 22.9 Å². The molecular weight excluding hydrogens is 304 g/mol. The van der Waals surface area contributed by atoms with Crippen molar-refractivity contribution in [2.75, 3.05) is 19.6 Å². The lowest BCUT2D eigenvalue weighted by molar-refractivity contribution is 0.0785. The molecule has 2 bridgehead atoms. The molecule has 21 heavy (non-hydrogen) atoms. The number of amides is 1. The van der Waals surface area contributed by atoms with E-state index in [0.29, 0.717) is 12.0 Å². The fourth-order valence-electron chi connectivity index (χ4n) is 3.49. The Morgan fingerprint density at radius 2 is 1.95 bits per heavy atom. The molecule has 3 saturated heterocycles. The van der Waals surface area contributed by atoms with Crippen molar-refractivity contribution >= 4 is 28.1 Å². The lowest BCUT2D eigenvalue weighted by Crippen LogP contribution is -2.56. The molecule has 1 unspecified atom stereocenters. The zero-order valence-electron chi connectivity index (χ0n) is 11.8. The zero-order chi connectivity index (χ0) is 13.5. The van der Waals surface area contributed by atoms with Crippen molar-refractivity contribution in [1.29, 1.82) is 0 Å². The van der Waals surface area contributed by atoms with Gasteiger partial charge in [-0.25, -0.2) is 4.79 Å². The molecule has 0 aromatic rings. The summed E-state index contributed by atoms with van der Waals surface area (Å²) < 4.78 is 0. The highest BCUT2D eigenvalue weighted by Gasteiger charge is 2.36. The van der Waals surface area contributed by atoms with Gasteiger partial charge >= 0.3 is 5.24 Å². The van der Waals surface area contributed by atoms with E-state index in [1.807, 2.05) is 11.4 Å². The Morgan fingerprint density at radius 1 is 1.19 bits per heavy atom. The molecule has 5 heteroatoms. The summed E-state index contributed by atoms with van der Waals surface area (Å²) in [5, 5.41) is 7.62. The summed E-state index contributed by atoms with van der Waals surface area (Å²) in [6.45, 7) is 3.47. The molecule has 112 valence electrons. The minimum absolute atomic E-state index is 0. The van der Waals surface area contributed by atoms with Crippen LogP contribution in [0.2, 0.25) is 0 Å². The molecule has 4 aliphatic heterocycles. The molecule has 0 aromatic heterocycles. The molecule has 4 heterocycles. The Labute approximate surface area is 134 Å². The van der Waals surface area contributed by atoms with Crippen molar-refractivity contribution in [3.05, 3.63) is 35.0 Å². The number of carbonyl (C=O) groups excluding carboxylic acids is 1. The number of carbonyl (C=O) groups is 1. The summed E-state index contributed by atoms with van der Waals surface area (Å²) in [6, 6.07) is 8.66. The van der Waals surface area contributed by atoms with E-state index < -0.39 is 10.5 Å². The first-order chi connectivity index (χ1) is 9.79. The Kier molecular flexibility index (Phi) is 4.20. The number of hydrogen-bond donors (Lipinski definition) is 1. The van der Waals surface area contributed by atoms with Gasteiger partial charge in [0.1, 0.15) is 5.38 Å². The van der Waals surface area contributed by atoms with Gasteiger partial charge in [-0.1, -0.05) is 12.1 Å². The van der Waals surface area contributed by atoms with Gasteiger partial charge in [-0.2, -0.15) is 0 Å². The summed E-state index contributed by atoms with van der Waals surface area (Å²) in [5.41, 5.74) is 2.42. The van der Waals surface area contributed by atoms with Gasteiger partial charge in [0.2, 0.25) is 0 Å². The number of halogens is 1. The molecule has 5 rings (SSSR count).